The van der Waals surface area contributed by atoms with E-state index >= 15 is 0 Å². The predicted molar refractivity (Wildman–Crippen MR) is 90.8 cm³/mol. The van der Waals surface area contributed by atoms with E-state index in [4.69, 9.17) is 27.9 Å². The van der Waals surface area contributed by atoms with Gasteiger partial charge in [-0.05, 0) is 31.0 Å². The molecule has 1 atom stereocenters. The molecular formula is C16H21Cl2NO4. The van der Waals surface area contributed by atoms with E-state index < -0.39 is 12.1 Å². The minimum atomic E-state index is -0.919. The number of benzene rings is 1. The maximum atomic E-state index is 11.8. The lowest BCUT2D eigenvalue weighted by Crippen LogP contribution is -2.28. The molecule has 1 unspecified atom stereocenters. The molecule has 0 aliphatic heterocycles. The minimum absolute atomic E-state index is 0.289. The van der Waals surface area contributed by atoms with Gasteiger partial charge in [-0.2, -0.15) is 0 Å². The molecule has 7 heteroatoms. The van der Waals surface area contributed by atoms with Crippen LogP contribution in [0.15, 0.2) is 23.5 Å². The Kier molecular flexibility index (Phi) is 9.64. The maximum Gasteiger partial charge on any atom is 0.378 e. The monoisotopic (exact) mass is 361 g/mol. The summed E-state index contributed by atoms with van der Waals surface area (Å²) in [7, 11) is 0. The summed E-state index contributed by atoms with van der Waals surface area (Å²) in [6.07, 6.45) is 5.94. The lowest BCUT2D eigenvalue weighted by atomic mass is 10.1. The number of rotatable bonds is 11. The summed E-state index contributed by atoms with van der Waals surface area (Å²) in [6.45, 7) is 2.15. The zero-order chi connectivity index (χ0) is 17.1. The van der Waals surface area contributed by atoms with Crippen molar-refractivity contribution in [1.29, 1.82) is 0 Å². The number of halogens is 2. The Balaban J connectivity index is 2.58. The minimum Gasteiger partial charge on any atom is -0.477 e. The molecule has 0 heterocycles. The van der Waals surface area contributed by atoms with Crippen LogP contribution in [0.2, 0.25) is 10.0 Å². The van der Waals surface area contributed by atoms with E-state index in [1.54, 1.807) is 12.1 Å². The van der Waals surface area contributed by atoms with Crippen LogP contribution in [0.3, 0.4) is 0 Å². The summed E-state index contributed by atoms with van der Waals surface area (Å²) in [6, 6.07) is 4.69. The Morgan fingerprint density at radius 3 is 2.52 bits per heavy atom. The highest BCUT2D eigenvalue weighted by atomic mass is 35.5. The normalized spacial score (nSPS) is 11.8. The summed E-state index contributed by atoms with van der Waals surface area (Å²) in [5.41, 5.74) is 0. The molecule has 1 rings (SSSR count). The highest BCUT2D eigenvalue weighted by Crippen LogP contribution is 2.29. The summed E-state index contributed by atoms with van der Waals surface area (Å²) < 4.78 is 5.58. The summed E-state index contributed by atoms with van der Waals surface area (Å²) >= 11 is 11.8. The molecule has 0 aromatic heterocycles. The topological polar surface area (TPSA) is 65.0 Å². The second-order valence-corrected chi connectivity index (χ2v) is 6.07. The van der Waals surface area contributed by atoms with E-state index in [-0.39, 0.29) is 5.02 Å². The van der Waals surface area contributed by atoms with Gasteiger partial charge in [-0.25, -0.2) is 4.79 Å². The molecule has 0 aliphatic rings. The van der Waals surface area contributed by atoms with E-state index in [2.05, 4.69) is 17.1 Å². The first-order chi connectivity index (χ1) is 11.1. The Labute approximate surface area is 146 Å². The van der Waals surface area contributed by atoms with Crippen molar-refractivity contribution in [3.05, 3.63) is 33.2 Å². The van der Waals surface area contributed by atoms with Gasteiger partial charge in [0.25, 0.3) is 0 Å². The van der Waals surface area contributed by atoms with Gasteiger partial charge in [-0.3, -0.25) is 4.84 Å². The Bertz CT molecular complexity index is 511. The van der Waals surface area contributed by atoms with Gasteiger partial charge in [-0.1, -0.05) is 62.2 Å². The third kappa shape index (κ3) is 7.66. The first-order valence-electron chi connectivity index (χ1n) is 7.73. The molecule has 128 valence electrons. The van der Waals surface area contributed by atoms with Crippen LogP contribution in [-0.2, 0) is 9.63 Å². The summed E-state index contributed by atoms with van der Waals surface area (Å²) in [5, 5.41) is 2.92. The van der Waals surface area contributed by atoms with Crippen LogP contribution in [0.1, 0.15) is 51.9 Å². The third-order valence-corrected chi connectivity index (χ3v) is 3.90. The van der Waals surface area contributed by atoms with Gasteiger partial charge in [0, 0.05) is 5.02 Å². The van der Waals surface area contributed by atoms with Gasteiger partial charge < -0.3 is 4.74 Å². The molecule has 1 aromatic carbocycles. The quantitative estimate of drug-likeness (QED) is 0.287. The van der Waals surface area contributed by atoms with Crippen LogP contribution in [0.4, 0.5) is 0 Å². The maximum absolute atomic E-state index is 11.8. The van der Waals surface area contributed by atoms with Gasteiger partial charge in [0.2, 0.25) is 0 Å². The molecule has 0 N–H and O–H groups in total. The van der Waals surface area contributed by atoms with E-state index in [1.807, 2.05) is 0 Å². The van der Waals surface area contributed by atoms with Crippen molar-refractivity contribution in [1.82, 2.24) is 0 Å². The molecule has 1 aromatic rings. The molecule has 0 spiro atoms. The van der Waals surface area contributed by atoms with Gasteiger partial charge in [0.1, 0.15) is 5.75 Å². The van der Waals surface area contributed by atoms with E-state index in [1.165, 1.54) is 25.3 Å². The average molecular weight is 362 g/mol. The van der Waals surface area contributed by atoms with Crippen LogP contribution in [0.5, 0.6) is 5.75 Å². The third-order valence-electron chi connectivity index (χ3n) is 3.37. The van der Waals surface area contributed by atoms with Crippen molar-refractivity contribution in [2.45, 2.75) is 58.0 Å². The Morgan fingerprint density at radius 2 is 1.87 bits per heavy atom. The molecule has 0 saturated heterocycles. The summed E-state index contributed by atoms with van der Waals surface area (Å²) in [5.74, 6) is -0.505. The standard InChI is InChI=1S/C16H21Cl2NO4/c1-2-3-4-5-6-7-8-15(16(20)23-19-21)22-14-10-9-12(17)11-13(14)18/h9-11,15H,2-8H2,1H3. The highest BCUT2D eigenvalue weighted by molar-refractivity contribution is 6.35. The number of hydrogen-bond donors (Lipinski definition) is 0. The van der Waals surface area contributed by atoms with Gasteiger partial charge in [0.05, 0.1) is 5.02 Å². The molecule has 23 heavy (non-hydrogen) atoms. The molecule has 0 bridgehead atoms. The van der Waals surface area contributed by atoms with E-state index in [0.29, 0.717) is 17.2 Å². The van der Waals surface area contributed by atoms with Crippen molar-refractivity contribution in [2.75, 3.05) is 0 Å². The number of carbonyl (C=O) groups excluding carboxylic acids is 1. The number of carbonyl (C=O) groups is 1. The molecule has 0 aliphatic carbocycles. The first-order valence-corrected chi connectivity index (χ1v) is 8.49. The fraction of sp³-hybridized carbons (Fsp3) is 0.562. The SMILES string of the molecule is CCCCCCCCC(Oc1ccc(Cl)cc1Cl)C(=O)ON=O. The molecule has 0 fully saturated rings. The molecule has 0 saturated carbocycles. The number of unbranched alkanes of at least 4 members (excludes halogenated alkanes) is 5. The van der Waals surface area contributed by atoms with Crippen molar-refractivity contribution in [3.8, 4) is 5.75 Å². The first kappa shape index (κ1) is 19.7. The van der Waals surface area contributed by atoms with Crippen LogP contribution in [-0.4, -0.2) is 12.1 Å². The number of hydrogen-bond acceptors (Lipinski definition) is 5. The van der Waals surface area contributed by atoms with Crippen LogP contribution in [0, 0.1) is 4.91 Å². The predicted octanol–water partition coefficient (Wildman–Crippen LogP) is 5.72. The van der Waals surface area contributed by atoms with Crippen molar-refractivity contribution in [3.63, 3.8) is 0 Å². The lowest BCUT2D eigenvalue weighted by Gasteiger charge is -2.16. The Hall–Kier alpha value is -1.33. The van der Waals surface area contributed by atoms with E-state index in [9.17, 15) is 9.70 Å². The van der Waals surface area contributed by atoms with Crippen molar-refractivity contribution >= 4 is 29.2 Å². The second-order valence-electron chi connectivity index (χ2n) is 5.22. The van der Waals surface area contributed by atoms with Crippen LogP contribution in [0.25, 0.3) is 0 Å². The molecular weight excluding hydrogens is 341 g/mol. The molecule has 0 radical (unpaired) electrons. The molecule has 0 amide bonds. The average Bonchev–Trinajstić information content (AvgIpc) is 2.51. The number of nitrogens with zero attached hydrogens (tertiary/aromatic N) is 1. The van der Waals surface area contributed by atoms with Crippen molar-refractivity contribution in [2.24, 2.45) is 5.34 Å². The number of ether oxygens (including phenoxy) is 1. The van der Waals surface area contributed by atoms with Crippen LogP contribution < -0.4 is 4.74 Å². The zero-order valence-electron chi connectivity index (χ0n) is 13.1. The van der Waals surface area contributed by atoms with Gasteiger partial charge in [-0.15, -0.1) is 4.91 Å². The fourth-order valence-electron chi connectivity index (χ4n) is 2.15. The second kappa shape index (κ2) is 11.2. The lowest BCUT2D eigenvalue weighted by molar-refractivity contribution is -0.152. The van der Waals surface area contributed by atoms with E-state index in [0.717, 1.165) is 19.3 Å². The summed E-state index contributed by atoms with van der Waals surface area (Å²) in [4.78, 5) is 26.1. The largest absolute Gasteiger partial charge is 0.477 e. The highest BCUT2D eigenvalue weighted by Gasteiger charge is 2.24. The van der Waals surface area contributed by atoms with Gasteiger partial charge >= 0.3 is 5.97 Å². The van der Waals surface area contributed by atoms with Gasteiger partial charge in [0.15, 0.2) is 11.4 Å². The van der Waals surface area contributed by atoms with Crippen LogP contribution >= 0.6 is 23.2 Å². The fourth-order valence-corrected chi connectivity index (χ4v) is 2.61. The Morgan fingerprint density at radius 1 is 1.17 bits per heavy atom. The van der Waals surface area contributed by atoms with Crippen molar-refractivity contribution < 1.29 is 14.4 Å². The zero-order valence-corrected chi connectivity index (χ0v) is 14.6. The smallest absolute Gasteiger partial charge is 0.378 e. The molecule has 5 nitrogen and oxygen atoms in total.